The molecule has 2 amide bonds. The van der Waals surface area contributed by atoms with Crippen molar-refractivity contribution in [3.05, 3.63) is 35.9 Å². The summed E-state index contributed by atoms with van der Waals surface area (Å²) in [5.41, 5.74) is 1.22. The second kappa shape index (κ2) is 12.8. The molecule has 7 heteroatoms. The first-order valence-electron chi connectivity index (χ1n) is 12.9. The molecule has 0 aliphatic carbocycles. The zero-order chi connectivity index (χ0) is 24.5. The predicted octanol–water partition coefficient (Wildman–Crippen LogP) is 4.74. The number of benzene rings is 1. The van der Waals surface area contributed by atoms with Crippen LogP contribution >= 0.6 is 0 Å². The molecule has 34 heavy (non-hydrogen) atoms. The van der Waals surface area contributed by atoms with Gasteiger partial charge in [-0.1, -0.05) is 70.9 Å². The lowest BCUT2D eigenvalue weighted by molar-refractivity contribution is -0.125. The molecule has 0 bridgehead atoms. The van der Waals surface area contributed by atoms with E-state index in [0.29, 0.717) is 25.5 Å². The van der Waals surface area contributed by atoms with Gasteiger partial charge in [0, 0.05) is 6.54 Å². The van der Waals surface area contributed by atoms with Crippen LogP contribution in [0.5, 0.6) is 0 Å². The van der Waals surface area contributed by atoms with Crippen molar-refractivity contribution in [2.45, 2.75) is 96.9 Å². The normalized spacial score (nSPS) is 20.9. The van der Waals surface area contributed by atoms with Gasteiger partial charge in [-0.25, -0.2) is 9.79 Å². The molecule has 1 aromatic rings. The van der Waals surface area contributed by atoms with Gasteiger partial charge < -0.3 is 14.8 Å². The fourth-order valence-corrected chi connectivity index (χ4v) is 4.73. The molecule has 1 fully saturated rings. The Morgan fingerprint density at radius 1 is 1.18 bits per heavy atom. The number of aliphatic imine (C=N–C) groups is 1. The van der Waals surface area contributed by atoms with Crippen molar-refractivity contribution >= 4 is 17.9 Å². The molecule has 1 N–H and O–H groups in total. The standard InChI is InChI=1S/C27H41N3O4/c1-5-11-22(12-6-2)34-27(32)30-16-10-15-23(30)25(31)29-24(19(3)4)26-28-21(18-33-26)17-20-13-8-7-9-14-20/h7-9,13-14,19,21-24H,5-6,10-12,15-18H2,1-4H3,(H,29,31)/t21-,23+,24+/m1/s1. The SMILES string of the molecule is CCCC(CCC)OC(=O)N1CCC[C@H]1C(=O)N[C@H](C1=N[C@H](Cc2ccccc2)CO1)C(C)C. The second-order valence-corrected chi connectivity index (χ2v) is 9.79. The van der Waals surface area contributed by atoms with E-state index in [1.165, 1.54) is 5.56 Å². The van der Waals surface area contributed by atoms with Gasteiger partial charge in [0.1, 0.15) is 24.8 Å². The smallest absolute Gasteiger partial charge is 0.410 e. The number of hydrogen-bond donors (Lipinski definition) is 1. The third-order valence-corrected chi connectivity index (χ3v) is 6.56. The van der Waals surface area contributed by atoms with Crippen LogP contribution in [0.15, 0.2) is 35.3 Å². The average Bonchev–Trinajstić information content (AvgIpc) is 3.48. The van der Waals surface area contributed by atoms with Gasteiger partial charge in [0.05, 0.1) is 6.04 Å². The lowest BCUT2D eigenvalue weighted by Gasteiger charge is -2.28. The predicted molar refractivity (Wildman–Crippen MR) is 134 cm³/mol. The molecule has 188 valence electrons. The third-order valence-electron chi connectivity index (χ3n) is 6.56. The molecule has 1 aromatic carbocycles. The Kier molecular flexibility index (Phi) is 9.78. The van der Waals surface area contributed by atoms with Gasteiger partial charge in [-0.05, 0) is 43.6 Å². The highest BCUT2D eigenvalue weighted by atomic mass is 16.6. The van der Waals surface area contributed by atoms with Crippen LogP contribution in [-0.4, -0.2) is 60.2 Å². The summed E-state index contributed by atoms with van der Waals surface area (Å²) < 4.78 is 11.7. The number of nitrogens with one attached hydrogen (secondary N) is 1. The minimum absolute atomic E-state index is 0.0440. The van der Waals surface area contributed by atoms with Gasteiger partial charge in [-0.2, -0.15) is 0 Å². The minimum atomic E-state index is -0.514. The number of likely N-dealkylation sites (tertiary alicyclic amines) is 1. The van der Waals surface area contributed by atoms with Gasteiger partial charge in [0.15, 0.2) is 0 Å². The summed E-state index contributed by atoms with van der Waals surface area (Å²) in [5.74, 6) is 0.536. The zero-order valence-corrected chi connectivity index (χ0v) is 21.2. The Morgan fingerprint density at radius 2 is 1.88 bits per heavy atom. The summed E-state index contributed by atoms with van der Waals surface area (Å²) in [4.78, 5) is 32.5. The average molecular weight is 472 g/mol. The third kappa shape index (κ3) is 6.97. The van der Waals surface area contributed by atoms with E-state index >= 15 is 0 Å². The molecule has 0 unspecified atom stereocenters. The molecule has 2 aliphatic rings. The van der Waals surface area contributed by atoms with E-state index in [4.69, 9.17) is 14.5 Å². The number of nitrogens with zero attached hydrogens (tertiary/aromatic N) is 2. The van der Waals surface area contributed by atoms with Crippen molar-refractivity contribution in [1.82, 2.24) is 10.2 Å². The minimum Gasteiger partial charge on any atom is -0.477 e. The van der Waals surface area contributed by atoms with Crippen LogP contribution in [0.2, 0.25) is 0 Å². The number of amides is 2. The van der Waals surface area contributed by atoms with Crippen LogP contribution in [0, 0.1) is 5.92 Å². The largest absolute Gasteiger partial charge is 0.477 e. The van der Waals surface area contributed by atoms with E-state index in [2.05, 4.69) is 31.3 Å². The van der Waals surface area contributed by atoms with Gasteiger partial charge in [-0.3, -0.25) is 9.69 Å². The monoisotopic (exact) mass is 471 g/mol. The van der Waals surface area contributed by atoms with Crippen LogP contribution in [0.25, 0.3) is 0 Å². The molecule has 2 aliphatic heterocycles. The van der Waals surface area contributed by atoms with E-state index in [0.717, 1.165) is 38.5 Å². The van der Waals surface area contributed by atoms with E-state index in [9.17, 15) is 9.59 Å². The lowest BCUT2D eigenvalue weighted by atomic mass is 10.0. The van der Waals surface area contributed by atoms with Crippen LogP contribution in [0.3, 0.4) is 0 Å². The van der Waals surface area contributed by atoms with Gasteiger partial charge in [0.2, 0.25) is 11.8 Å². The topological polar surface area (TPSA) is 80.2 Å². The highest BCUT2D eigenvalue weighted by Crippen LogP contribution is 2.22. The van der Waals surface area contributed by atoms with Gasteiger partial charge >= 0.3 is 6.09 Å². The Bertz CT molecular complexity index is 820. The highest BCUT2D eigenvalue weighted by molar-refractivity contribution is 5.92. The maximum absolute atomic E-state index is 13.3. The molecule has 3 rings (SSSR count). The van der Waals surface area contributed by atoms with Crippen molar-refractivity contribution in [2.75, 3.05) is 13.2 Å². The summed E-state index contributed by atoms with van der Waals surface area (Å²) in [7, 11) is 0. The van der Waals surface area contributed by atoms with E-state index in [1.807, 2.05) is 32.0 Å². The van der Waals surface area contributed by atoms with E-state index in [-0.39, 0.29) is 36.1 Å². The number of carbonyl (C=O) groups excluding carboxylic acids is 2. The van der Waals surface area contributed by atoms with Crippen molar-refractivity contribution in [3.63, 3.8) is 0 Å². The molecule has 0 radical (unpaired) electrons. The number of hydrogen-bond acceptors (Lipinski definition) is 5. The maximum Gasteiger partial charge on any atom is 0.410 e. The molecule has 0 aromatic heterocycles. The first-order valence-corrected chi connectivity index (χ1v) is 12.9. The van der Waals surface area contributed by atoms with Crippen molar-refractivity contribution < 1.29 is 19.1 Å². The lowest BCUT2D eigenvalue weighted by Crippen LogP contribution is -2.52. The number of ether oxygens (including phenoxy) is 2. The first kappa shape index (κ1) is 26.0. The fraction of sp³-hybridized carbons (Fsp3) is 0.667. The number of carbonyl (C=O) groups is 2. The van der Waals surface area contributed by atoms with Crippen molar-refractivity contribution in [3.8, 4) is 0 Å². The maximum atomic E-state index is 13.3. The van der Waals surface area contributed by atoms with Crippen LogP contribution in [0.4, 0.5) is 4.79 Å². The summed E-state index contributed by atoms with van der Waals surface area (Å²) in [5, 5.41) is 3.13. The Hall–Kier alpha value is -2.57. The van der Waals surface area contributed by atoms with Crippen LogP contribution in [0.1, 0.15) is 71.8 Å². The Morgan fingerprint density at radius 3 is 2.53 bits per heavy atom. The van der Waals surface area contributed by atoms with Crippen LogP contribution in [-0.2, 0) is 20.7 Å². The van der Waals surface area contributed by atoms with Crippen molar-refractivity contribution in [2.24, 2.45) is 10.9 Å². The molecule has 2 heterocycles. The second-order valence-electron chi connectivity index (χ2n) is 9.79. The Balaban J connectivity index is 1.62. The summed E-state index contributed by atoms with van der Waals surface area (Å²) in [6, 6.07) is 9.45. The van der Waals surface area contributed by atoms with E-state index in [1.54, 1.807) is 4.90 Å². The molecule has 0 saturated carbocycles. The van der Waals surface area contributed by atoms with E-state index < -0.39 is 6.04 Å². The summed E-state index contributed by atoms with van der Waals surface area (Å²) >= 11 is 0. The molecule has 3 atom stereocenters. The summed E-state index contributed by atoms with van der Waals surface area (Å²) in [6.07, 6.45) is 5.41. The molecular weight excluding hydrogens is 430 g/mol. The van der Waals surface area contributed by atoms with Gasteiger partial charge in [0.25, 0.3) is 0 Å². The quantitative estimate of drug-likeness (QED) is 0.506. The van der Waals surface area contributed by atoms with Crippen LogP contribution < -0.4 is 5.32 Å². The molecule has 7 nitrogen and oxygen atoms in total. The number of rotatable bonds is 11. The van der Waals surface area contributed by atoms with Gasteiger partial charge in [-0.15, -0.1) is 0 Å². The molecular formula is C27H41N3O4. The molecule has 0 spiro atoms. The van der Waals surface area contributed by atoms with Crippen molar-refractivity contribution in [1.29, 1.82) is 0 Å². The highest BCUT2D eigenvalue weighted by Gasteiger charge is 2.38. The fourth-order valence-electron chi connectivity index (χ4n) is 4.73. The Labute approximate surface area is 204 Å². The molecule has 1 saturated heterocycles. The first-order chi connectivity index (χ1) is 16.4. The summed E-state index contributed by atoms with van der Waals surface area (Å²) in [6.45, 7) is 9.33. The zero-order valence-electron chi connectivity index (χ0n) is 21.2.